The number of aromatic amines is 1. The molecule has 0 aliphatic rings. The number of nitrogens with one attached hydrogen (secondary N) is 2. The van der Waals surface area contributed by atoms with Gasteiger partial charge in [0.05, 0.1) is 17.4 Å². The van der Waals surface area contributed by atoms with Crippen molar-refractivity contribution in [1.29, 1.82) is 0 Å². The molecule has 2 N–H and O–H groups in total. The van der Waals surface area contributed by atoms with Gasteiger partial charge < -0.3 is 10.3 Å². The van der Waals surface area contributed by atoms with Crippen LogP contribution in [0, 0.1) is 0 Å². The standard InChI is InChI=1S/C15H16BrF3N4O2/c1-23(8-15(17,18)19)6-2-5-20-14(25)12-21-11-4-3-9(16)7-10(11)13(24)22-12/h3-4,7H,2,5-6,8H2,1H3,(H,20,25)(H,21,22,24). The molecule has 2 aromatic rings. The second-order valence-electron chi connectivity index (χ2n) is 5.54. The molecule has 0 bridgehead atoms. The fourth-order valence-corrected chi connectivity index (χ4v) is 2.60. The van der Waals surface area contributed by atoms with E-state index in [0.717, 1.165) is 4.90 Å². The van der Waals surface area contributed by atoms with E-state index < -0.39 is 24.2 Å². The largest absolute Gasteiger partial charge is 0.401 e. The van der Waals surface area contributed by atoms with Gasteiger partial charge in [0.25, 0.3) is 11.5 Å². The van der Waals surface area contributed by atoms with Crippen LogP contribution in [0.2, 0.25) is 0 Å². The van der Waals surface area contributed by atoms with E-state index in [2.05, 4.69) is 31.2 Å². The minimum Gasteiger partial charge on any atom is -0.349 e. The van der Waals surface area contributed by atoms with Gasteiger partial charge in [0, 0.05) is 11.0 Å². The quantitative estimate of drug-likeness (QED) is 0.702. The number of benzene rings is 1. The van der Waals surface area contributed by atoms with Gasteiger partial charge in [-0.05, 0) is 38.2 Å². The van der Waals surface area contributed by atoms with Crippen molar-refractivity contribution in [2.75, 3.05) is 26.7 Å². The zero-order valence-electron chi connectivity index (χ0n) is 13.3. The second kappa shape index (κ2) is 7.96. The van der Waals surface area contributed by atoms with Crippen LogP contribution in [0.25, 0.3) is 10.9 Å². The molecular weight excluding hydrogens is 405 g/mol. The Balaban J connectivity index is 1.92. The highest BCUT2D eigenvalue weighted by Crippen LogP contribution is 2.16. The van der Waals surface area contributed by atoms with E-state index in [9.17, 15) is 22.8 Å². The van der Waals surface area contributed by atoms with Crippen molar-refractivity contribution >= 4 is 32.7 Å². The molecule has 1 heterocycles. The summed E-state index contributed by atoms with van der Waals surface area (Å²) in [7, 11) is 1.36. The van der Waals surface area contributed by atoms with Crippen LogP contribution in [0.1, 0.15) is 17.0 Å². The summed E-state index contributed by atoms with van der Waals surface area (Å²) < 4.78 is 37.3. The summed E-state index contributed by atoms with van der Waals surface area (Å²) in [6, 6.07) is 4.91. The van der Waals surface area contributed by atoms with Crippen molar-refractivity contribution in [3.05, 3.63) is 38.9 Å². The maximum Gasteiger partial charge on any atom is 0.401 e. The number of amides is 1. The van der Waals surface area contributed by atoms with Gasteiger partial charge in [0.2, 0.25) is 0 Å². The monoisotopic (exact) mass is 420 g/mol. The maximum absolute atomic E-state index is 12.2. The van der Waals surface area contributed by atoms with Crippen molar-refractivity contribution in [2.24, 2.45) is 0 Å². The Morgan fingerprint density at radius 1 is 1.40 bits per heavy atom. The summed E-state index contributed by atoms with van der Waals surface area (Å²) in [4.78, 5) is 31.6. The van der Waals surface area contributed by atoms with Crippen molar-refractivity contribution in [1.82, 2.24) is 20.2 Å². The minimum atomic E-state index is -4.25. The number of H-pyrrole nitrogens is 1. The number of hydrogen-bond donors (Lipinski definition) is 2. The van der Waals surface area contributed by atoms with Crippen LogP contribution >= 0.6 is 15.9 Å². The number of hydrogen-bond acceptors (Lipinski definition) is 4. The van der Waals surface area contributed by atoms with Crippen LogP contribution in [-0.4, -0.2) is 53.6 Å². The zero-order valence-corrected chi connectivity index (χ0v) is 14.9. The molecule has 1 amide bonds. The molecule has 0 spiro atoms. The summed E-state index contributed by atoms with van der Waals surface area (Å²) >= 11 is 3.25. The highest BCUT2D eigenvalue weighted by atomic mass is 79.9. The topological polar surface area (TPSA) is 78.1 Å². The second-order valence-corrected chi connectivity index (χ2v) is 6.45. The van der Waals surface area contributed by atoms with Crippen LogP contribution in [0.4, 0.5) is 13.2 Å². The third-order valence-electron chi connectivity index (χ3n) is 3.33. The Morgan fingerprint density at radius 2 is 2.12 bits per heavy atom. The average Bonchev–Trinajstić information content (AvgIpc) is 2.50. The molecule has 1 aromatic carbocycles. The Kier molecular flexibility index (Phi) is 6.17. The van der Waals surface area contributed by atoms with E-state index in [4.69, 9.17) is 0 Å². The van der Waals surface area contributed by atoms with Gasteiger partial charge in [-0.2, -0.15) is 13.2 Å². The highest BCUT2D eigenvalue weighted by Gasteiger charge is 2.28. The van der Waals surface area contributed by atoms with Crippen LogP contribution in [0.5, 0.6) is 0 Å². The number of carbonyl (C=O) groups excluding carboxylic acids is 1. The van der Waals surface area contributed by atoms with Gasteiger partial charge in [0.15, 0.2) is 5.82 Å². The molecule has 2 rings (SSSR count). The molecule has 0 radical (unpaired) electrons. The number of carbonyl (C=O) groups is 1. The third-order valence-corrected chi connectivity index (χ3v) is 3.83. The van der Waals surface area contributed by atoms with E-state index in [0.29, 0.717) is 21.8 Å². The predicted octanol–water partition coefficient (Wildman–Crippen LogP) is 2.30. The Morgan fingerprint density at radius 3 is 2.80 bits per heavy atom. The normalized spacial score (nSPS) is 11.9. The molecule has 0 fully saturated rings. The smallest absolute Gasteiger partial charge is 0.349 e. The fraction of sp³-hybridized carbons (Fsp3) is 0.400. The summed E-state index contributed by atoms with van der Waals surface area (Å²) in [5, 5.41) is 2.88. The van der Waals surface area contributed by atoms with Gasteiger partial charge in [-0.15, -0.1) is 0 Å². The number of alkyl halides is 3. The van der Waals surface area contributed by atoms with Gasteiger partial charge in [0.1, 0.15) is 0 Å². The first-order valence-electron chi connectivity index (χ1n) is 7.39. The Hall–Kier alpha value is -1.94. The van der Waals surface area contributed by atoms with Crippen LogP contribution in [0.3, 0.4) is 0 Å². The van der Waals surface area contributed by atoms with Crippen molar-refractivity contribution in [2.45, 2.75) is 12.6 Å². The minimum absolute atomic E-state index is 0.136. The molecule has 1 aromatic heterocycles. The summed E-state index contributed by atoms with van der Waals surface area (Å²) in [6.07, 6.45) is -3.91. The van der Waals surface area contributed by atoms with E-state index in [1.807, 2.05) is 0 Å². The lowest BCUT2D eigenvalue weighted by atomic mass is 10.2. The Labute approximate surface area is 149 Å². The molecule has 0 saturated carbocycles. The lowest BCUT2D eigenvalue weighted by molar-refractivity contribution is -0.143. The van der Waals surface area contributed by atoms with E-state index >= 15 is 0 Å². The lowest BCUT2D eigenvalue weighted by Gasteiger charge is -2.18. The van der Waals surface area contributed by atoms with Crippen molar-refractivity contribution in [3.8, 4) is 0 Å². The molecule has 10 heteroatoms. The SMILES string of the molecule is CN(CCCNC(=O)c1nc2ccc(Br)cc2c(=O)[nH]1)CC(F)(F)F. The number of fused-ring (bicyclic) bond motifs is 1. The number of halogens is 4. The molecule has 0 aliphatic heterocycles. The molecular formula is C15H16BrF3N4O2. The molecule has 0 saturated heterocycles. The average molecular weight is 421 g/mol. The highest BCUT2D eigenvalue weighted by molar-refractivity contribution is 9.10. The van der Waals surface area contributed by atoms with Crippen LogP contribution in [0.15, 0.2) is 27.5 Å². The first-order valence-corrected chi connectivity index (χ1v) is 8.18. The number of rotatable bonds is 6. The summed E-state index contributed by atoms with van der Waals surface area (Å²) in [5.41, 5.74) is -0.0663. The Bertz CT molecular complexity index is 823. The number of aromatic nitrogens is 2. The maximum atomic E-state index is 12.2. The molecule has 25 heavy (non-hydrogen) atoms. The van der Waals surface area contributed by atoms with Crippen LogP contribution in [-0.2, 0) is 0 Å². The van der Waals surface area contributed by atoms with E-state index in [1.54, 1.807) is 18.2 Å². The number of nitrogens with zero attached hydrogens (tertiary/aromatic N) is 2. The zero-order chi connectivity index (χ0) is 18.6. The lowest BCUT2D eigenvalue weighted by Crippen LogP contribution is -2.34. The molecule has 136 valence electrons. The van der Waals surface area contributed by atoms with E-state index in [1.165, 1.54) is 7.05 Å². The molecule has 0 atom stereocenters. The van der Waals surface area contributed by atoms with E-state index in [-0.39, 0.29) is 18.9 Å². The first kappa shape index (κ1) is 19.4. The predicted molar refractivity (Wildman–Crippen MR) is 90.6 cm³/mol. The van der Waals surface area contributed by atoms with Gasteiger partial charge in [-0.25, -0.2) is 4.98 Å². The molecule has 6 nitrogen and oxygen atoms in total. The third kappa shape index (κ3) is 5.82. The van der Waals surface area contributed by atoms with Crippen LogP contribution < -0.4 is 10.9 Å². The van der Waals surface area contributed by atoms with Crippen molar-refractivity contribution < 1.29 is 18.0 Å². The van der Waals surface area contributed by atoms with Gasteiger partial charge in [-0.3, -0.25) is 14.5 Å². The van der Waals surface area contributed by atoms with Crippen molar-refractivity contribution in [3.63, 3.8) is 0 Å². The summed E-state index contributed by atoms with van der Waals surface area (Å²) in [6.45, 7) is -0.658. The first-order chi connectivity index (χ1) is 11.7. The molecule has 0 unspecified atom stereocenters. The van der Waals surface area contributed by atoms with Gasteiger partial charge >= 0.3 is 6.18 Å². The summed E-state index contributed by atoms with van der Waals surface area (Å²) in [5.74, 6) is -0.719. The molecule has 0 aliphatic carbocycles. The fourth-order valence-electron chi connectivity index (χ4n) is 2.24. The van der Waals surface area contributed by atoms with Gasteiger partial charge in [-0.1, -0.05) is 15.9 Å².